The second kappa shape index (κ2) is 5.77. The molecule has 0 bridgehead atoms. The highest BCUT2D eigenvalue weighted by Crippen LogP contribution is 2.26. The van der Waals surface area contributed by atoms with Crippen molar-refractivity contribution in [3.05, 3.63) is 58.1 Å². The normalized spacial score (nSPS) is 9.95. The Morgan fingerprint density at radius 3 is 2.68 bits per heavy atom. The van der Waals surface area contributed by atoms with Crippen LogP contribution in [0.15, 0.2) is 46.9 Å². The van der Waals surface area contributed by atoms with Gasteiger partial charge < -0.3 is 10.6 Å². The highest BCUT2D eigenvalue weighted by Gasteiger charge is 2.08. The fourth-order valence-electron chi connectivity index (χ4n) is 1.88. The van der Waals surface area contributed by atoms with E-state index in [1.807, 2.05) is 43.4 Å². The Bertz CT molecular complexity index is 611. The summed E-state index contributed by atoms with van der Waals surface area (Å²) in [5.74, 6) is 0. The molecule has 0 spiro atoms. The van der Waals surface area contributed by atoms with Crippen LogP contribution in [0.3, 0.4) is 0 Å². The van der Waals surface area contributed by atoms with E-state index in [1.165, 1.54) is 0 Å². The average molecular weight is 316 g/mol. The number of rotatable bonds is 3. The first-order valence-corrected chi connectivity index (χ1v) is 6.65. The van der Waals surface area contributed by atoms with Crippen LogP contribution in [0.5, 0.6) is 0 Å². The zero-order chi connectivity index (χ0) is 13.8. The maximum atomic E-state index is 8.93. The SMILES string of the molecule is CN(Cc1c(N)cccc1Br)c1cccc(C#N)c1. The number of benzene rings is 2. The van der Waals surface area contributed by atoms with Crippen molar-refractivity contribution in [3.63, 3.8) is 0 Å². The average Bonchev–Trinajstić information content (AvgIpc) is 2.43. The Morgan fingerprint density at radius 2 is 2.00 bits per heavy atom. The molecule has 0 aliphatic carbocycles. The summed E-state index contributed by atoms with van der Waals surface area (Å²) in [5.41, 5.74) is 9.46. The number of nitrogens with two attached hydrogens (primary N) is 1. The zero-order valence-corrected chi connectivity index (χ0v) is 12.2. The van der Waals surface area contributed by atoms with Crippen LogP contribution in [0.2, 0.25) is 0 Å². The van der Waals surface area contributed by atoms with Gasteiger partial charge in [-0.25, -0.2) is 0 Å². The summed E-state index contributed by atoms with van der Waals surface area (Å²) in [6, 6.07) is 15.5. The molecule has 2 aromatic rings. The van der Waals surface area contributed by atoms with E-state index in [9.17, 15) is 0 Å². The molecule has 2 N–H and O–H groups in total. The molecule has 0 aromatic heterocycles. The van der Waals surface area contributed by atoms with Crippen molar-refractivity contribution < 1.29 is 0 Å². The maximum absolute atomic E-state index is 8.93. The molecule has 0 radical (unpaired) electrons. The van der Waals surface area contributed by atoms with Crippen molar-refractivity contribution in [3.8, 4) is 6.07 Å². The number of nitrogens with zero attached hydrogens (tertiary/aromatic N) is 2. The van der Waals surface area contributed by atoms with E-state index in [-0.39, 0.29) is 0 Å². The Morgan fingerprint density at radius 1 is 1.26 bits per heavy atom. The van der Waals surface area contributed by atoms with Gasteiger partial charge in [-0.1, -0.05) is 28.1 Å². The maximum Gasteiger partial charge on any atom is 0.0992 e. The molecule has 19 heavy (non-hydrogen) atoms. The van der Waals surface area contributed by atoms with Crippen molar-refractivity contribution in [2.75, 3.05) is 17.7 Å². The minimum Gasteiger partial charge on any atom is -0.398 e. The molecule has 0 amide bonds. The highest BCUT2D eigenvalue weighted by molar-refractivity contribution is 9.10. The van der Waals surface area contributed by atoms with E-state index in [0.29, 0.717) is 12.1 Å². The van der Waals surface area contributed by atoms with Crippen molar-refractivity contribution in [1.82, 2.24) is 0 Å². The minimum absolute atomic E-state index is 0.657. The van der Waals surface area contributed by atoms with Crippen LogP contribution >= 0.6 is 15.9 Å². The van der Waals surface area contributed by atoms with Gasteiger partial charge in [0.2, 0.25) is 0 Å². The molecule has 0 atom stereocenters. The van der Waals surface area contributed by atoms with Gasteiger partial charge in [0.25, 0.3) is 0 Å². The molecule has 0 heterocycles. The minimum atomic E-state index is 0.657. The molecule has 0 unspecified atom stereocenters. The second-order valence-electron chi connectivity index (χ2n) is 4.33. The monoisotopic (exact) mass is 315 g/mol. The van der Waals surface area contributed by atoms with Gasteiger partial charge in [-0.3, -0.25) is 0 Å². The summed E-state index contributed by atoms with van der Waals surface area (Å²) in [4.78, 5) is 2.07. The predicted molar refractivity (Wildman–Crippen MR) is 81.8 cm³/mol. The lowest BCUT2D eigenvalue weighted by atomic mass is 10.1. The molecular weight excluding hydrogens is 302 g/mol. The number of anilines is 2. The molecule has 3 nitrogen and oxygen atoms in total. The van der Waals surface area contributed by atoms with Crippen molar-refractivity contribution in [1.29, 1.82) is 5.26 Å². The smallest absolute Gasteiger partial charge is 0.0992 e. The summed E-state index contributed by atoms with van der Waals surface area (Å²) in [6.45, 7) is 0.683. The molecule has 2 rings (SSSR count). The van der Waals surface area contributed by atoms with E-state index in [1.54, 1.807) is 6.07 Å². The molecule has 0 aliphatic rings. The van der Waals surface area contributed by atoms with Gasteiger partial charge in [0.05, 0.1) is 11.6 Å². The Balaban J connectivity index is 2.26. The van der Waals surface area contributed by atoms with Gasteiger partial charge in [-0.05, 0) is 30.3 Å². The first kappa shape index (κ1) is 13.4. The fraction of sp³-hybridized carbons (Fsp3) is 0.133. The molecular formula is C15H14BrN3. The van der Waals surface area contributed by atoms with Crippen LogP contribution in [0.4, 0.5) is 11.4 Å². The van der Waals surface area contributed by atoms with E-state index in [0.717, 1.165) is 21.4 Å². The summed E-state index contributed by atoms with van der Waals surface area (Å²) < 4.78 is 0.996. The van der Waals surface area contributed by atoms with Gasteiger partial charge in [0.15, 0.2) is 0 Å². The molecule has 0 fully saturated rings. The molecule has 96 valence electrons. The van der Waals surface area contributed by atoms with Crippen LogP contribution in [0, 0.1) is 11.3 Å². The molecule has 4 heteroatoms. The third-order valence-electron chi connectivity index (χ3n) is 2.97. The zero-order valence-electron chi connectivity index (χ0n) is 10.6. The largest absolute Gasteiger partial charge is 0.398 e. The summed E-state index contributed by atoms with van der Waals surface area (Å²) in [6.07, 6.45) is 0. The van der Waals surface area contributed by atoms with E-state index in [4.69, 9.17) is 11.0 Å². The quantitative estimate of drug-likeness (QED) is 0.881. The Hall–Kier alpha value is -1.99. The topological polar surface area (TPSA) is 53.0 Å². The lowest BCUT2D eigenvalue weighted by molar-refractivity contribution is 0.920. The fourth-order valence-corrected chi connectivity index (χ4v) is 2.39. The number of halogens is 1. The first-order valence-electron chi connectivity index (χ1n) is 5.86. The molecule has 2 aromatic carbocycles. The number of nitrogen functional groups attached to an aromatic ring is 1. The number of hydrogen-bond acceptors (Lipinski definition) is 3. The van der Waals surface area contributed by atoms with Crippen LogP contribution in [-0.4, -0.2) is 7.05 Å². The molecule has 0 saturated heterocycles. The van der Waals surface area contributed by atoms with Crippen LogP contribution in [0.25, 0.3) is 0 Å². The lowest BCUT2D eigenvalue weighted by Crippen LogP contribution is -2.17. The summed E-state index contributed by atoms with van der Waals surface area (Å²) >= 11 is 3.52. The van der Waals surface area contributed by atoms with Gasteiger partial charge in [0.1, 0.15) is 0 Å². The number of nitriles is 1. The van der Waals surface area contributed by atoms with Crippen LogP contribution < -0.4 is 10.6 Å². The number of hydrogen-bond donors (Lipinski definition) is 1. The van der Waals surface area contributed by atoms with E-state index < -0.39 is 0 Å². The van der Waals surface area contributed by atoms with Gasteiger partial charge in [-0.15, -0.1) is 0 Å². The van der Waals surface area contributed by atoms with Gasteiger partial charge >= 0.3 is 0 Å². The highest BCUT2D eigenvalue weighted by atomic mass is 79.9. The van der Waals surface area contributed by atoms with Crippen molar-refractivity contribution >= 4 is 27.3 Å². The predicted octanol–water partition coefficient (Wildman–Crippen LogP) is 3.54. The van der Waals surface area contributed by atoms with Crippen LogP contribution in [-0.2, 0) is 6.54 Å². The third-order valence-corrected chi connectivity index (χ3v) is 3.71. The van der Waals surface area contributed by atoms with E-state index in [2.05, 4.69) is 26.9 Å². The summed E-state index contributed by atoms with van der Waals surface area (Å²) in [5, 5.41) is 8.93. The van der Waals surface area contributed by atoms with Gasteiger partial charge in [-0.2, -0.15) is 5.26 Å². The third kappa shape index (κ3) is 3.07. The van der Waals surface area contributed by atoms with Crippen molar-refractivity contribution in [2.45, 2.75) is 6.54 Å². The Kier molecular flexibility index (Phi) is 4.08. The molecule has 0 aliphatic heterocycles. The first-order chi connectivity index (χ1) is 9.11. The standard InChI is InChI=1S/C15H14BrN3/c1-19(12-5-2-4-11(8-12)9-17)10-13-14(16)6-3-7-15(13)18/h2-8H,10,18H2,1H3. The van der Waals surface area contributed by atoms with E-state index >= 15 is 0 Å². The summed E-state index contributed by atoms with van der Waals surface area (Å²) in [7, 11) is 1.98. The van der Waals surface area contributed by atoms with Gasteiger partial charge in [0, 0.05) is 35.0 Å². The lowest BCUT2D eigenvalue weighted by Gasteiger charge is -2.21. The second-order valence-corrected chi connectivity index (χ2v) is 5.18. The van der Waals surface area contributed by atoms with Crippen molar-refractivity contribution in [2.24, 2.45) is 0 Å². The Labute approximate surface area is 121 Å². The molecule has 0 saturated carbocycles. The van der Waals surface area contributed by atoms with Crippen LogP contribution in [0.1, 0.15) is 11.1 Å².